The maximum Gasteiger partial charge on any atom is 0.233 e. The number of amides is 1. The molecule has 100 valence electrons. The number of carbonyl (C=O) groups excluding carboxylic acids is 1. The van der Waals surface area contributed by atoms with E-state index in [-0.39, 0.29) is 23.4 Å². The van der Waals surface area contributed by atoms with E-state index < -0.39 is 0 Å². The molecular weight excluding hydrogens is 280 g/mol. The molecule has 0 saturated heterocycles. The Morgan fingerprint density at radius 2 is 2.30 bits per heavy atom. The van der Waals surface area contributed by atoms with Gasteiger partial charge in [0.2, 0.25) is 11.9 Å². The number of anilines is 1. The predicted molar refractivity (Wildman–Crippen MR) is 73.3 cm³/mol. The van der Waals surface area contributed by atoms with E-state index in [0.717, 1.165) is 5.56 Å². The number of H-pyrrole nitrogens is 1. The summed E-state index contributed by atoms with van der Waals surface area (Å²) in [4.78, 5) is 30.7. The van der Waals surface area contributed by atoms with Crippen molar-refractivity contribution in [2.45, 2.75) is 6.42 Å². The monoisotopic (exact) mass is 288 g/mol. The lowest BCUT2D eigenvalue weighted by molar-refractivity contribution is -0.115. The first kappa shape index (κ1) is 12.5. The number of rotatable bonds is 3. The molecule has 0 radical (unpaired) electrons. The third kappa shape index (κ3) is 2.57. The van der Waals surface area contributed by atoms with Crippen LogP contribution >= 0.6 is 11.6 Å². The Morgan fingerprint density at radius 1 is 1.40 bits per heavy atom. The second-order valence-electron chi connectivity index (χ2n) is 4.03. The number of aromatic nitrogens is 5. The standard InChI is InChI=1S/C12H9ClN6O/c13-10-9-11(16-6-15-9)19-12(18-10)17-8(20)4-7-2-1-3-14-5-7/h1-3,5-6H,4H2,(H2,15,16,17,18,19,20). The van der Waals surface area contributed by atoms with Gasteiger partial charge in [0.1, 0.15) is 5.52 Å². The molecule has 0 aliphatic rings. The lowest BCUT2D eigenvalue weighted by Crippen LogP contribution is -2.16. The van der Waals surface area contributed by atoms with Gasteiger partial charge in [0.05, 0.1) is 12.7 Å². The number of nitrogens with zero attached hydrogens (tertiary/aromatic N) is 4. The van der Waals surface area contributed by atoms with Gasteiger partial charge in [0.15, 0.2) is 10.8 Å². The number of fused-ring (bicyclic) bond motifs is 1. The molecule has 0 spiro atoms. The highest BCUT2D eigenvalue weighted by atomic mass is 35.5. The SMILES string of the molecule is O=C(Cc1cccnc1)Nc1nc(Cl)c2[nH]cnc2n1. The fraction of sp³-hybridized carbons (Fsp3) is 0.0833. The van der Waals surface area contributed by atoms with Gasteiger partial charge in [-0.05, 0) is 11.6 Å². The van der Waals surface area contributed by atoms with Crippen LogP contribution in [0.5, 0.6) is 0 Å². The van der Waals surface area contributed by atoms with E-state index >= 15 is 0 Å². The molecule has 0 bridgehead atoms. The molecule has 7 nitrogen and oxygen atoms in total. The molecule has 8 heteroatoms. The van der Waals surface area contributed by atoms with Gasteiger partial charge in [-0.25, -0.2) is 4.98 Å². The van der Waals surface area contributed by atoms with Gasteiger partial charge in [-0.2, -0.15) is 9.97 Å². The molecule has 0 unspecified atom stereocenters. The van der Waals surface area contributed by atoms with E-state index in [1.807, 2.05) is 6.07 Å². The fourth-order valence-corrected chi connectivity index (χ4v) is 1.93. The number of halogens is 1. The van der Waals surface area contributed by atoms with E-state index in [4.69, 9.17) is 11.6 Å². The van der Waals surface area contributed by atoms with Crippen LogP contribution in [0.4, 0.5) is 5.95 Å². The summed E-state index contributed by atoms with van der Waals surface area (Å²) < 4.78 is 0. The lowest BCUT2D eigenvalue weighted by atomic mass is 10.2. The molecule has 3 heterocycles. The Labute approximate surface area is 118 Å². The van der Waals surface area contributed by atoms with Crippen LogP contribution in [0.1, 0.15) is 5.56 Å². The van der Waals surface area contributed by atoms with Crippen molar-refractivity contribution in [1.29, 1.82) is 0 Å². The van der Waals surface area contributed by atoms with E-state index in [2.05, 4.69) is 30.2 Å². The summed E-state index contributed by atoms with van der Waals surface area (Å²) in [5, 5.41) is 2.80. The average Bonchev–Trinajstić information content (AvgIpc) is 2.88. The second kappa shape index (κ2) is 5.22. The zero-order chi connectivity index (χ0) is 13.9. The second-order valence-corrected chi connectivity index (χ2v) is 4.38. The fourth-order valence-electron chi connectivity index (χ4n) is 1.71. The van der Waals surface area contributed by atoms with Crippen molar-refractivity contribution in [3.63, 3.8) is 0 Å². The van der Waals surface area contributed by atoms with E-state index in [1.54, 1.807) is 18.5 Å². The number of carbonyl (C=O) groups is 1. The molecule has 0 atom stereocenters. The molecule has 0 fully saturated rings. The third-order valence-electron chi connectivity index (χ3n) is 2.58. The first-order valence-corrected chi connectivity index (χ1v) is 6.15. The first-order chi connectivity index (χ1) is 9.72. The molecule has 0 saturated carbocycles. The minimum absolute atomic E-state index is 0.128. The maximum absolute atomic E-state index is 11.9. The van der Waals surface area contributed by atoms with Gasteiger partial charge in [0.25, 0.3) is 0 Å². The Hall–Kier alpha value is -2.54. The molecule has 3 rings (SSSR count). The number of aromatic amines is 1. The zero-order valence-corrected chi connectivity index (χ0v) is 10.9. The van der Waals surface area contributed by atoms with Crippen LogP contribution < -0.4 is 5.32 Å². The number of imidazole rings is 1. The van der Waals surface area contributed by atoms with Crippen LogP contribution in [-0.4, -0.2) is 30.8 Å². The van der Waals surface area contributed by atoms with Crippen molar-refractivity contribution in [1.82, 2.24) is 24.9 Å². The molecule has 3 aromatic heterocycles. The van der Waals surface area contributed by atoms with Crippen LogP contribution in [0, 0.1) is 0 Å². The molecule has 2 N–H and O–H groups in total. The minimum atomic E-state index is -0.246. The average molecular weight is 289 g/mol. The van der Waals surface area contributed by atoms with Crippen molar-refractivity contribution in [2.75, 3.05) is 5.32 Å². The molecule has 0 aliphatic heterocycles. The van der Waals surface area contributed by atoms with Gasteiger partial charge < -0.3 is 4.98 Å². The molecule has 20 heavy (non-hydrogen) atoms. The summed E-state index contributed by atoms with van der Waals surface area (Å²) in [6.07, 6.45) is 4.93. The highest BCUT2D eigenvalue weighted by molar-refractivity contribution is 6.33. The van der Waals surface area contributed by atoms with Gasteiger partial charge in [0, 0.05) is 12.4 Å². The third-order valence-corrected chi connectivity index (χ3v) is 2.85. The van der Waals surface area contributed by atoms with Crippen molar-refractivity contribution in [2.24, 2.45) is 0 Å². The summed E-state index contributed by atoms with van der Waals surface area (Å²) in [7, 11) is 0. The van der Waals surface area contributed by atoms with Crippen molar-refractivity contribution in [3.8, 4) is 0 Å². The summed E-state index contributed by atoms with van der Waals surface area (Å²) in [6.45, 7) is 0. The number of pyridine rings is 1. The van der Waals surface area contributed by atoms with E-state index in [9.17, 15) is 4.79 Å². The van der Waals surface area contributed by atoms with Crippen LogP contribution in [-0.2, 0) is 11.2 Å². The van der Waals surface area contributed by atoms with Gasteiger partial charge in [-0.3, -0.25) is 15.1 Å². The molecule has 3 aromatic rings. The van der Waals surface area contributed by atoms with Crippen LogP contribution in [0.15, 0.2) is 30.9 Å². The number of nitrogens with one attached hydrogen (secondary N) is 2. The zero-order valence-electron chi connectivity index (χ0n) is 10.2. The van der Waals surface area contributed by atoms with Gasteiger partial charge >= 0.3 is 0 Å². The Kier molecular flexibility index (Phi) is 3.26. The van der Waals surface area contributed by atoms with Crippen LogP contribution in [0.3, 0.4) is 0 Å². The first-order valence-electron chi connectivity index (χ1n) is 5.78. The number of hydrogen-bond donors (Lipinski definition) is 2. The molecule has 0 aromatic carbocycles. The quantitative estimate of drug-likeness (QED) is 0.713. The van der Waals surface area contributed by atoms with Crippen LogP contribution in [0.2, 0.25) is 5.15 Å². The van der Waals surface area contributed by atoms with Gasteiger partial charge in [-0.15, -0.1) is 0 Å². The summed E-state index contributed by atoms with van der Waals surface area (Å²) >= 11 is 5.96. The van der Waals surface area contributed by atoms with Gasteiger partial charge in [-0.1, -0.05) is 17.7 Å². The minimum Gasteiger partial charge on any atom is -0.341 e. The van der Waals surface area contributed by atoms with Crippen LogP contribution in [0.25, 0.3) is 11.2 Å². The molecular formula is C12H9ClN6O. The van der Waals surface area contributed by atoms with Crippen molar-refractivity contribution < 1.29 is 4.79 Å². The maximum atomic E-state index is 11.9. The van der Waals surface area contributed by atoms with E-state index in [1.165, 1.54) is 6.33 Å². The Bertz CT molecular complexity index is 757. The topological polar surface area (TPSA) is 96.5 Å². The molecule has 1 amide bonds. The summed E-state index contributed by atoms with van der Waals surface area (Å²) in [5.41, 5.74) is 1.75. The Balaban J connectivity index is 1.77. The largest absolute Gasteiger partial charge is 0.341 e. The Morgan fingerprint density at radius 3 is 3.10 bits per heavy atom. The highest BCUT2D eigenvalue weighted by Gasteiger charge is 2.11. The smallest absolute Gasteiger partial charge is 0.233 e. The van der Waals surface area contributed by atoms with Crippen molar-refractivity contribution in [3.05, 3.63) is 41.6 Å². The van der Waals surface area contributed by atoms with Crippen molar-refractivity contribution >= 4 is 34.6 Å². The predicted octanol–water partition coefficient (Wildman–Crippen LogP) is 1.58. The lowest BCUT2D eigenvalue weighted by Gasteiger charge is -2.04. The normalized spacial score (nSPS) is 10.7. The summed E-state index contributed by atoms with van der Waals surface area (Å²) in [6, 6.07) is 3.59. The highest BCUT2D eigenvalue weighted by Crippen LogP contribution is 2.18. The van der Waals surface area contributed by atoms with E-state index in [0.29, 0.717) is 11.2 Å². The molecule has 0 aliphatic carbocycles. The summed E-state index contributed by atoms with van der Waals surface area (Å²) in [5.74, 6) is -0.118. The number of hydrogen-bond acceptors (Lipinski definition) is 5.